The van der Waals surface area contributed by atoms with Crippen LogP contribution >= 0.6 is 0 Å². The van der Waals surface area contributed by atoms with Crippen LogP contribution in [0.2, 0.25) is 0 Å². The minimum absolute atomic E-state index is 0.0247. The van der Waals surface area contributed by atoms with Crippen molar-refractivity contribution in [1.82, 2.24) is 44.5 Å². The molecule has 0 aromatic heterocycles. The molecule has 0 radical (unpaired) electrons. The number of hydrogen-bond donors (Lipinski definition) is 2. The molecule has 0 saturated carbocycles. The first kappa shape index (κ1) is 83.8. The van der Waals surface area contributed by atoms with Crippen molar-refractivity contribution < 1.29 is 72.1 Å². The molecule has 24 heteroatoms. The standard InChI is InChI=1S/C70H121N9O15/c1-25-27-28-45(13)61(83)60-62(84)71-51(26-2)66(88)72(18)49(17)64(86)77(23)59(48(16)39-94-70(92)79-29-31-93-32-30-79)57(82)38-50(43(9)10)65(87)73(19)52(33-40(3)4)56(81)36-46(14)55(80)37-47(15)63(85)74(20)53(34-41(5)6)67(89)75(21)54(35-42(7)8)68(90)76(22)58(44(11)12)69(91)78(60)24/h25,27,40-54,58-61,83H,26,28-39H2,1-24H3,(H,71,84)/b27-25+/t45-,46-,47+,48-,49-,50+,51+,52+,53+,54+,58+,59+,60+,61-/m1/s1. The number of ether oxygens (including phenoxy) is 2. The molecule has 9 amide bonds. The monoisotopic (exact) mass is 1330 g/mol. The third-order valence-corrected chi connectivity index (χ3v) is 19.0. The van der Waals surface area contributed by atoms with Gasteiger partial charge in [0.05, 0.1) is 38.0 Å². The summed E-state index contributed by atoms with van der Waals surface area (Å²) in [4.78, 5) is 187. The first-order valence-corrected chi connectivity index (χ1v) is 34.2. The average Bonchev–Trinajstić information content (AvgIpc) is 0.812. The number of nitrogens with zero attached hydrogens (tertiary/aromatic N) is 8. The molecular formula is C70H121N9O15. The molecule has 2 fully saturated rings. The molecule has 0 spiro atoms. The minimum Gasteiger partial charge on any atom is -0.449 e. The molecule has 2 saturated heterocycles. The predicted molar refractivity (Wildman–Crippen MR) is 360 cm³/mol. The summed E-state index contributed by atoms with van der Waals surface area (Å²) in [6, 6.07) is -10.2. The highest BCUT2D eigenvalue weighted by molar-refractivity contribution is 6.00. The van der Waals surface area contributed by atoms with E-state index in [2.05, 4.69) is 5.32 Å². The Morgan fingerprint density at radius 3 is 1.50 bits per heavy atom. The van der Waals surface area contributed by atoms with E-state index >= 15 is 24.0 Å². The van der Waals surface area contributed by atoms with Gasteiger partial charge in [0.2, 0.25) is 47.3 Å². The van der Waals surface area contributed by atoms with Crippen molar-refractivity contribution in [1.29, 1.82) is 0 Å². The van der Waals surface area contributed by atoms with Gasteiger partial charge in [0, 0.05) is 105 Å². The van der Waals surface area contributed by atoms with Crippen LogP contribution in [-0.4, -0.2) is 252 Å². The molecule has 0 unspecified atom stereocenters. The zero-order valence-corrected chi connectivity index (χ0v) is 61.6. The Bertz CT molecular complexity index is 2620. The van der Waals surface area contributed by atoms with E-state index in [9.17, 15) is 38.7 Å². The molecule has 0 aromatic carbocycles. The normalized spacial score (nSPS) is 27.7. The Labute approximate surface area is 562 Å². The quantitative estimate of drug-likeness (QED) is 0.168. The highest BCUT2D eigenvalue weighted by Crippen LogP contribution is 2.30. The van der Waals surface area contributed by atoms with Crippen LogP contribution in [0, 0.1) is 59.2 Å². The fourth-order valence-corrected chi connectivity index (χ4v) is 12.7. The third kappa shape index (κ3) is 22.7. The van der Waals surface area contributed by atoms with E-state index in [1.54, 1.807) is 81.4 Å². The average molecular weight is 1330 g/mol. The lowest BCUT2D eigenvalue weighted by molar-refractivity contribution is -0.157. The summed E-state index contributed by atoms with van der Waals surface area (Å²) < 4.78 is 11.2. The molecule has 24 nitrogen and oxygen atoms in total. The fraction of sp³-hybridized carbons (Fsp3) is 0.800. The Morgan fingerprint density at radius 1 is 0.543 bits per heavy atom. The van der Waals surface area contributed by atoms with Crippen molar-refractivity contribution in [3.8, 4) is 0 Å². The van der Waals surface area contributed by atoms with Crippen molar-refractivity contribution in [3.05, 3.63) is 12.2 Å². The second kappa shape index (κ2) is 38.4. The summed E-state index contributed by atoms with van der Waals surface area (Å²) in [5.41, 5.74) is 0. The molecule has 2 heterocycles. The van der Waals surface area contributed by atoms with Crippen LogP contribution < -0.4 is 5.32 Å². The number of aliphatic hydroxyl groups excluding tert-OH is 1. The van der Waals surface area contributed by atoms with E-state index in [0.717, 1.165) is 9.80 Å². The summed E-state index contributed by atoms with van der Waals surface area (Å²) in [6.07, 6.45) is 1.22. The smallest absolute Gasteiger partial charge is 0.409 e. The number of nitrogens with one attached hydrogen (secondary N) is 1. The van der Waals surface area contributed by atoms with E-state index in [1.807, 2.05) is 41.5 Å². The molecular weight excluding hydrogens is 1210 g/mol. The summed E-state index contributed by atoms with van der Waals surface area (Å²) in [5.74, 6) is -12.6. The van der Waals surface area contributed by atoms with Gasteiger partial charge in [-0.05, 0) is 81.5 Å². The maximum absolute atomic E-state index is 15.3. The number of ketones is 3. The van der Waals surface area contributed by atoms with Gasteiger partial charge >= 0.3 is 6.09 Å². The Hall–Kier alpha value is -6.30. The largest absolute Gasteiger partial charge is 0.449 e. The first-order valence-electron chi connectivity index (χ1n) is 34.2. The highest BCUT2D eigenvalue weighted by atomic mass is 16.6. The highest BCUT2D eigenvalue weighted by Gasteiger charge is 2.47. The molecule has 2 aliphatic rings. The van der Waals surface area contributed by atoms with Crippen LogP contribution in [0.25, 0.3) is 0 Å². The van der Waals surface area contributed by atoms with Gasteiger partial charge in [-0.25, -0.2) is 4.79 Å². The summed E-state index contributed by atoms with van der Waals surface area (Å²) >= 11 is 0. The Morgan fingerprint density at radius 2 is 1.01 bits per heavy atom. The lowest BCUT2D eigenvalue weighted by Crippen LogP contribution is -2.63. The van der Waals surface area contributed by atoms with Crippen LogP contribution in [0.5, 0.6) is 0 Å². The van der Waals surface area contributed by atoms with E-state index in [1.165, 1.54) is 85.7 Å². The van der Waals surface area contributed by atoms with Crippen LogP contribution in [-0.2, 0) is 62.2 Å². The van der Waals surface area contributed by atoms with Crippen molar-refractivity contribution in [3.63, 3.8) is 0 Å². The zero-order chi connectivity index (χ0) is 72.2. The van der Waals surface area contributed by atoms with Gasteiger partial charge in [-0.3, -0.25) is 52.7 Å². The van der Waals surface area contributed by atoms with Gasteiger partial charge in [0.15, 0.2) is 11.6 Å². The van der Waals surface area contributed by atoms with Crippen molar-refractivity contribution >= 4 is 70.7 Å². The molecule has 14 atom stereocenters. The number of carbonyl (C=O) groups excluding carboxylic acids is 12. The second-order valence-electron chi connectivity index (χ2n) is 28.9. The van der Waals surface area contributed by atoms with Gasteiger partial charge in [0.25, 0.3) is 0 Å². The summed E-state index contributed by atoms with van der Waals surface area (Å²) in [5, 5.41) is 15.0. The number of carbonyl (C=O) groups is 12. The first-order chi connectivity index (χ1) is 43.6. The number of morpholine rings is 1. The maximum atomic E-state index is 15.3. The molecule has 2 N–H and O–H groups in total. The number of allylic oxidation sites excluding steroid dienone is 2. The lowest BCUT2D eigenvalue weighted by Gasteiger charge is -2.41. The number of likely N-dealkylation sites (N-methyl/N-ethyl adjacent to an activating group) is 7. The SMILES string of the molecule is C/C=C/C[C@@H](C)[C@@H](O)[C@H]1C(=O)N[C@@H](CC)C(=O)N(C)[C@H](C)C(=O)N(C)[C@@H]([C@H](C)COC(=O)N2CCOCC2)C(=O)C[C@@H](C(C)C)C(=O)N(C)[C@@H](CC(C)C)C(=O)C[C@@H](C)C(=O)C[C@H](C)C(=O)N(C)[C@@H](CC(C)C)C(=O)N(C)[C@@H](CC(C)C)C(=O)N(C)[C@@H](C(C)C)C(=O)N1C. The predicted octanol–water partition coefficient (Wildman–Crippen LogP) is 5.99. The van der Waals surface area contributed by atoms with Gasteiger partial charge in [-0.1, -0.05) is 116 Å². The molecule has 0 aliphatic carbocycles. The molecule has 2 aliphatic heterocycles. The van der Waals surface area contributed by atoms with Crippen LogP contribution in [0.3, 0.4) is 0 Å². The molecule has 0 bridgehead atoms. The third-order valence-electron chi connectivity index (χ3n) is 19.0. The number of aliphatic hydroxyl groups is 1. The number of hydrogen-bond acceptors (Lipinski definition) is 15. The van der Waals surface area contributed by atoms with Crippen molar-refractivity contribution in [2.75, 3.05) is 82.2 Å². The summed E-state index contributed by atoms with van der Waals surface area (Å²) in [7, 11) is 9.99. The topological polar surface area (TPSA) is 281 Å². The number of Topliss-reactive ketones (excluding diaryl/α,β-unsaturated/α-hetero) is 3. The second-order valence-corrected chi connectivity index (χ2v) is 28.9. The molecule has 0 aromatic rings. The van der Waals surface area contributed by atoms with Crippen LogP contribution in [0.1, 0.15) is 169 Å². The van der Waals surface area contributed by atoms with E-state index < -0.39 is 173 Å². The van der Waals surface area contributed by atoms with Gasteiger partial charge in [-0.15, -0.1) is 0 Å². The van der Waals surface area contributed by atoms with Gasteiger partial charge in [0.1, 0.15) is 42.0 Å². The van der Waals surface area contributed by atoms with Crippen molar-refractivity contribution in [2.45, 2.75) is 224 Å². The van der Waals surface area contributed by atoms with E-state index in [0.29, 0.717) is 13.2 Å². The molecule has 2 rings (SSSR count). The molecule has 536 valence electrons. The maximum Gasteiger partial charge on any atom is 0.409 e. The van der Waals surface area contributed by atoms with Gasteiger partial charge in [-0.2, -0.15) is 0 Å². The Kier molecular flexibility index (Phi) is 34.3. The lowest BCUT2D eigenvalue weighted by atomic mass is 9.83. The van der Waals surface area contributed by atoms with Gasteiger partial charge < -0.3 is 59.1 Å². The fourth-order valence-electron chi connectivity index (χ4n) is 12.7. The van der Waals surface area contributed by atoms with E-state index in [4.69, 9.17) is 9.47 Å². The van der Waals surface area contributed by atoms with E-state index in [-0.39, 0.29) is 82.4 Å². The van der Waals surface area contributed by atoms with Crippen LogP contribution in [0.4, 0.5) is 4.79 Å². The Balaban J connectivity index is 3.05. The van der Waals surface area contributed by atoms with Crippen molar-refractivity contribution in [2.24, 2.45) is 59.2 Å². The summed E-state index contributed by atoms with van der Waals surface area (Å²) in [6.45, 7) is 30.5. The number of amides is 9. The minimum atomic E-state index is -1.65. The number of rotatable bonds is 16. The zero-order valence-electron chi connectivity index (χ0n) is 61.6. The molecule has 94 heavy (non-hydrogen) atoms. The van der Waals surface area contributed by atoms with Crippen LogP contribution in [0.15, 0.2) is 12.2 Å².